The maximum atomic E-state index is 13.0. The molecule has 1 aliphatic heterocycles. The minimum atomic E-state index is -0.553. The molecule has 1 aromatic carbocycles. The van der Waals surface area contributed by atoms with Gasteiger partial charge >= 0.3 is 5.97 Å². The number of unbranched alkanes of at least 4 members (excludes halogenated alkanes) is 3. The first-order chi connectivity index (χ1) is 12.5. The number of nitrogens with zero attached hydrogens (tertiary/aromatic N) is 1. The first-order valence-electron chi connectivity index (χ1n) is 9.33. The molecule has 2 atom stereocenters. The molecule has 4 nitrogen and oxygen atoms in total. The standard InChI is InChI=1S/C20H28ClNO3S/c1-4-5-6-7-12-18(23)22-17(20(24)25-14(2)3)13-26-19(22)15-10-8-9-11-16(15)21/h8-11,14,17,19H,4-7,12-13H2,1-3H3/t17-,19-/m1/s1. The Hall–Kier alpha value is -1.20. The average Bonchev–Trinajstić information content (AvgIpc) is 3.03. The highest BCUT2D eigenvalue weighted by molar-refractivity contribution is 7.99. The van der Waals surface area contributed by atoms with Crippen molar-refractivity contribution in [1.82, 2.24) is 4.90 Å². The fourth-order valence-corrected chi connectivity index (χ4v) is 4.83. The Morgan fingerprint density at radius 3 is 2.65 bits per heavy atom. The lowest BCUT2D eigenvalue weighted by molar-refractivity contribution is -0.157. The van der Waals surface area contributed by atoms with Crippen LogP contribution in [0.4, 0.5) is 0 Å². The Kier molecular flexibility index (Phi) is 8.29. The summed E-state index contributed by atoms with van der Waals surface area (Å²) in [7, 11) is 0. The smallest absolute Gasteiger partial charge is 0.330 e. The van der Waals surface area contributed by atoms with Crippen LogP contribution in [0.1, 0.15) is 63.8 Å². The predicted molar refractivity (Wildman–Crippen MR) is 107 cm³/mol. The van der Waals surface area contributed by atoms with E-state index in [0.717, 1.165) is 31.2 Å². The molecule has 0 bridgehead atoms. The third-order valence-electron chi connectivity index (χ3n) is 4.33. The van der Waals surface area contributed by atoms with E-state index in [-0.39, 0.29) is 23.4 Å². The molecule has 0 unspecified atom stereocenters. The molecule has 144 valence electrons. The van der Waals surface area contributed by atoms with Crippen molar-refractivity contribution >= 4 is 35.2 Å². The van der Waals surface area contributed by atoms with E-state index in [9.17, 15) is 9.59 Å². The molecule has 1 saturated heterocycles. The molecule has 0 spiro atoms. The van der Waals surface area contributed by atoms with Crippen molar-refractivity contribution in [2.75, 3.05) is 5.75 Å². The van der Waals surface area contributed by atoms with Crippen LogP contribution in [0.3, 0.4) is 0 Å². The lowest BCUT2D eigenvalue weighted by Crippen LogP contribution is -2.44. The van der Waals surface area contributed by atoms with Gasteiger partial charge in [-0.05, 0) is 26.3 Å². The molecule has 0 aliphatic carbocycles. The summed E-state index contributed by atoms with van der Waals surface area (Å²) in [5, 5.41) is 0.374. The number of carbonyl (C=O) groups is 2. The number of esters is 1. The minimum absolute atomic E-state index is 0.00160. The lowest BCUT2D eigenvalue weighted by Gasteiger charge is -2.29. The van der Waals surface area contributed by atoms with Gasteiger partial charge < -0.3 is 9.64 Å². The Labute approximate surface area is 165 Å². The summed E-state index contributed by atoms with van der Waals surface area (Å²) < 4.78 is 5.39. The Balaban J connectivity index is 2.20. The molecule has 1 aliphatic rings. The monoisotopic (exact) mass is 397 g/mol. The molecule has 1 fully saturated rings. The van der Waals surface area contributed by atoms with Gasteiger partial charge in [0.1, 0.15) is 11.4 Å². The SMILES string of the molecule is CCCCCCC(=O)N1[C@@H](C(=O)OC(C)C)CS[C@@H]1c1ccccc1Cl. The molecular weight excluding hydrogens is 370 g/mol. The van der Waals surface area contributed by atoms with Crippen LogP contribution >= 0.6 is 23.4 Å². The molecule has 0 saturated carbocycles. The predicted octanol–water partition coefficient (Wildman–Crippen LogP) is 5.20. The zero-order chi connectivity index (χ0) is 19.1. The summed E-state index contributed by atoms with van der Waals surface area (Å²) in [6.07, 6.45) is 4.37. The van der Waals surface area contributed by atoms with E-state index in [2.05, 4.69) is 6.92 Å². The van der Waals surface area contributed by atoms with Gasteiger partial charge in [-0.1, -0.05) is 56.0 Å². The maximum absolute atomic E-state index is 13.0. The normalized spacial score (nSPS) is 19.8. The number of amides is 1. The van der Waals surface area contributed by atoms with Gasteiger partial charge in [-0.15, -0.1) is 11.8 Å². The summed E-state index contributed by atoms with van der Waals surface area (Å²) in [4.78, 5) is 27.2. The molecule has 1 aromatic rings. The van der Waals surface area contributed by atoms with Crippen molar-refractivity contribution in [1.29, 1.82) is 0 Å². The number of carbonyl (C=O) groups excluding carboxylic acids is 2. The molecule has 6 heteroatoms. The quantitative estimate of drug-likeness (QED) is 0.446. The van der Waals surface area contributed by atoms with E-state index in [4.69, 9.17) is 16.3 Å². The number of hydrogen-bond donors (Lipinski definition) is 0. The van der Waals surface area contributed by atoms with Crippen molar-refractivity contribution in [2.45, 2.75) is 70.4 Å². The number of hydrogen-bond acceptors (Lipinski definition) is 4. The van der Waals surface area contributed by atoms with E-state index in [1.165, 1.54) is 0 Å². The Morgan fingerprint density at radius 1 is 1.27 bits per heavy atom. The summed E-state index contributed by atoms with van der Waals surface area (Å²) in [6, 6.07) is 6.97. The van der Waals surface area contributed by atoms with Crippen LogP contribution in [-0.2, 0) is 14.3 Å². The highest BCUT2D eigenvalue weighted by atomic mass is 35.5. The van der Waals surface area contributed by atoms with E-state index < -0.39 is 6.04 Å². The summed E-state index contributed by atoms with van der Waals surface area (Å²) in [5.41, 5.74) is 0.876. The lowest BCUT2D eigenvalue weighted by atomic mass is 10.1. The molecule has 26 heavy (non-hydrogen) atoms. The second kappa shape index (κ2) is 10.2. The number of thioether (sulfide) groups is 1. The Bertz CT molecular complexity index is 623. The van der Waals surface area contributed by atoms with Crippen molar-refractivity contribution in [3.63, 3.8) is 0 Å². The van der Waals surface area contributed by atoms with Crippen LogP contribution < -0.4 is 0 Å². The highest BCUT2D eigenvalue weighted by Crippen LogP contribution is 2.44. The molecule has 1 amide bonds. The molecule has 1 heterocycles. The second-order valence-electron chi connectivity index (χ2n) is 6.82. The average molecular weight is 398 g/mol. The van der Waals surface area contributed by atoms with Gasteiger partial charge in [-0.3, -0.25) is 4.79 Å². The van der Waals surface area contributed by atoms with Crippen LogP contribution in [0.5, 0.6) is 0 Å². The van der Waals surface area contributed by atoms with Crippen LogP contribution in [0.2, 0.25) is 5.02 Å². The summed E-state index contributed by atoms with van der Waals surface area (Å²) in [6.45, 7) is 5.79. The minimum Gasteiger partial charge on any atom is -0.461 e. The van der Waals surface area contributed by atoms with Gasteiger partial charge in [0, 0.05) is 22.8 Å². The van der Waals surface area contributed by atoms with E-state index in [1.807, 2.05) is 38.1 Å². The molecular formula is C20H28ClNO3S. The summed E-state index contributed by atoms with van der Waals surface area (Å²) >= 11 is 7.94. The van der Waals surface area contributed by atoms with Crippen LogP contribution in [-0.4, -0.2) is 34.7 Å². The first kappa shape index (κ1) is 21.1. The largest absolute Gasteiger partial charge is 0.461 e. The second-order valence-corrected chi connectivity index (χ2v) is 8.34. The van der Waals surface area contributed by atoms with Gasteiger partial charge in [0.05, 0.1) is 6.10 Å². The fraction of sp³-hybridized carbons (Fsp3) is 0.600. The molecule has 2 rings (SSSR count). The fourth-order valence-electron chi connectivity index (χ4n) is 3.05. The van der Waals surface area contributed by atoms with Crippen molar-refractivity contribution in [2.24, 2.45) is 0 Å². The van der Waals surface area contributed by atoms with Gasteiger partial charge in [0.25, 0.3) is 0 Å². The molecule has 0 aromatic heterocycles. The van der Waals surface area contributed by atoms with Gasteiger partial charge in [-0.25, -0.2) is 4.79 Å². The summed E-state index contributed by atoms with van der Waals surface area (Å²) in [5.74, 6) is 0.202. The topological polar surface area (TPSA) is 46.6 Å². The zero-order valence-electron chi connectivity index (χ0n) is 15.7. The van der Waals surface area contributed by atoms with Crippen molar-refractivity contribution < 1.29 is 14.3 Å². The van der Waals surface area contributed by atoms with Crippen LogP contribution in [0.15, 0.2) is 24.3 Å². The number of benzene rings is 1. The van der Waals surface area contributed by atoms with E-state index in [0.29, 0.717) is 17.2 Å². The van der Waals surface area contributed by atoms with Crippen LogP contribution in [0.25, 0.3) is 0 Å². The number of rotatable bonds is 8. The van der Waals surface area contributed by atoms with Gasteiger partial charge in [0.2, 0.25) is 5.91 Å². The van der Waals surface area contributed by atoms with Gasteiger partial charge in [0.15, 0.2) is 0 Å². The number of halogens is 1. The van der Waals surface area contributed by atoms with Crippen molar-refractivity contribution in [3.8, 4) is 0 Å². The zero-order valence-corrected chi connectivity index (χ0v) is 17.3. The van der Waals surface area contributed by atoms with Gasteiger partial charge in [-0.2, -0.15) is 0 Å². The first-order valence-corrected chi connectivity index (χ1v) is 10.8. The highest BCUT2D eigenvalue weighted by Gasteiger charge is 2.43. The number of ether oxygens (including phenoxy) is 1. The maximum Gasteiger partial charge on any atom is 0.330 e. The third-order valence-corrected chi connectivity index (χ3v) is 5.98. The molecule has 0 N–H and O–H groups in total. The molecule has 0 radical (unpaired) electrons. The van der Waals surface area contributed by atoms with Crippen LogP contribution in [0, 0.1) is 0 Å². The van der Waals surface area contributed by atoms with E-state index >= 15 is 0 Å². The van der Waals surface area contributed by atoms with Crippen molar-refractivity contribution in [3.05, 3.63) is 34.9 Å². The van der Waals surface area contributed by atoms with E-state index in [1.54, 1.807) is 16.7 Å². The third kappa shape index (κ3) is 5.40. The Morgan fingerprint density at radius 2 is 2.00 bits per heavy atom.